The van der Waals surface area contributed by atoms with Gasteiger partial charge in [0.25, 0.3) is 0 Å². The topological polar surface area (TPSA) is 391 Å². The minimum absolute atomic E-state index is 0.0936. The molecule has 4 aliphatic rings. The third kappa shape index (κ3) is 16.0. The van der Waals surface area contributed by atoms with Crippen molar-refractivity contribution in [1.29, 1.82) is 0 Å². The SMILES string of the molecule is CC[C@H]1OC(=O)[C@H](C)[C@@H](O[C@@H]2C[C@@](C)(OC)[C@@H](O)[C@H](C)O2)[C@H](C)[C@@H](O[C@@H]2O[C@H](C)C[C@H](N(C)C)[C@H]2O)[C@](C)(O)C[C@@H](C)C(=O)[C@H](C)[C@@H](O)[C@@]1(C)O.O=C(O)[C@H](O)[C@@H](O)[C@H](O)[C@H](O)CO[C@@H]1C[C@@H](O)[C@H](O)[C@@H](CO)O1. The number of likely N-dealkylation sites (N-methyl/N-ethyl adjacent to an activating group) is 1. The Balaban J connectivity index is 0.000000524. The second-order valence-corrected chi connectivity index (χ2v) is 21.7. The molecule has 0 unspecified atom stereocenters. The van der Waals surface area contributed by atoms with Gasteiger partial charge in [0, 0.05) is 43.7 Å². The number of hydrogen-bond donors (Lipinski definition) is 13. The highest BCUT2D eigenvalue weighted by molar-refractivity contribution is 5.83. The fourth-order valence-electron chi connectivity index (χ4n) is 10.4. The smallest absolute Gasteiger partial charge is 0.335 e. The summed E-state index contributed by atoms with van der Waals surface area (Å²) in [5.41, 5.74) is -4.84. The maximum Gasteiger partial charge on any atom is 0.335 e. The largest absolute Gasteiger partial charge is 0.479 e. The number of nitrogens with zero attached hydrogens (tertiary/aromatic N) is 1. The molecule has 13 N–H and O–H groups in total. The number of carboxylic acid groups (broad SMARTS) is 1. The molecule has 0 amide bonds. The van der Waals surface area contributed by atoms with Gasteiger partial charge in [0.15, 0.2) is 25.0 Å². The first-order valence-electron chi connectivity index (χ1n) is 25.4. The van der Waals surface area contributed by atoms with E-state index in [1.807, 2.05) is 25.9 Å². The number of aliphatic hydroxyl groups is 12. The lowest BCUT2D eigenvalue weighted by molar-refractivity contribution is -0.318. The molecule has 434 valence electrons. The number of carbonyl (C=O) groups excluding carboxylic acids is 2. The van der Waals surface area contributed by atoms with Crippen LogP contribution in [0.5, 0.6) is 0 Å². The van der Waals surface area contributed by atoms with Gasteiger partial charge in [-0.05, 0) is 74.9 Å². The number of esters is 1. The minimum Gasteiger partial charge on any atom is -0.479 e. The second-order valence-electron chi connectivity index (χ2n) is 21.7. The van der Waals surface area contributed by atoms with Crippen LogP contribution in [0.1, 0.15) is 101 Å². The number of ketones is 1. The second kappa shape index (κ2) is 27.6. The summed E-state index contributed by atoms with van der Waals surface area (Å²) < 4.78 is 47.2. The lowest BCUT2D eigenvalue weighted by Crippen LogP contribution is -2.61. The molecule has 0 radical (unpaired) electrons. The van der Waals surface area contributed by atoms with Crippen LogP contribution in [0.2, 0.25) is 0 Å². The molecule has 26 atom stereocenters. The summed E-state index contributed by atoms with van der Waals surface area (Å²) in [5, 5.41) is 132. The number of ether oxygens (including phenoxy) is 8. The van der Waals surface area contributed by atoms with Crippen molar-refractivity contribution in [3.05, 3.63) is 0 Å². The molecular weight excluding hydrogens is 987 g/mol. The minimum atomic E-state index is -2.29. The standard InChI is InChI=1S/C37H67NO13.C12H22O11/c1-14-25-37(10,45)30(41)20(4)27(39)18(2)16-35(8,44)32(51-34-28(40)24(38(11)12)15-19(3)47-34)21(5)29(22(6)33(43)49-25)50-26-17-36(9,46-13)31(42)23(7)48-26;13-2-6-8(16)4(14)1-7(23-6)22-3-5(15)9(17)10(18)11(19)12(20)21/h18-26,28-32,34,40-42,44-45H,14-17H2,1-13H3;4-11,13-19H,1-3H2,(H,20,21)/t18-,19-,20+,21+,22-,23+,24+,25-,26-,28-,29+,30-,31+,32-,34+,35-,36-,37+;4-,5-,6-,7+,8+,9-,10+,11-/m11/s1. The molecular formula is C49H89NO24. The van der Waals surface area contributed by atoms with Crippen LogP contribution in [0.25, 0.3) is 0 Å². The summed E-state index contributed by atoms with van der Waals surface area (Å²) in [4.78, 5) is 40.2. The molecule has 4 aliphatic heterocycles. The number of hydrogen-bond acceptors (Lipinski definition) is 24. The Hall–Kier alpha value is -2.19. The van der Waals surface area contributed by atoms with Gasteiger partial charge in [0.1, 0.15) is 60.2 Å². The zero-order chi connectivity index (χ0) is 56.7. The Bertz CT molecular complexity index is 1760. The van der Waals surface area contributed by atoms with E-state index in [9.17, 15) is 65.4 Å². The normalized spacial score (nSPS) is 44.8. The lowest BCUT2D eigenvalue weighted by atomic mass is 9.74. The van der Waals surface area contributed by atoms with Crippen LogP contribution in [0.15, 0.2) is 0 Å². The highest BCUT2D eigenvalue weighted by atomic mass is 16.7. The van der Waals surface area contributed by atoms with E-state index >= 15 is 0 Å². The summed E-state index contributed by atoms with van der Waals surface area (Å²) in [7, 11) is 5.18. The average Bonchev–Trinajstić information content (AvgIpc) is 3.34. The number of carbonyl (C=O) groups is 3. The zero-order valence-corrected chi connectivity index (χ0v) is 45.0. The Morgan fingerprint density at radius 2 is 1.42 bits per heavy atom. The van der Waals surface area contributed by atoms with E-state index in [1.165, 1.54) is 27.9 Å². The predicted molar refractivity (Wildman–Crippen MR) is 256 cm³/mol. The van der Waals surface area contributed by atoms with Gasteiger partial charge < -0.3 is 109 Å². The first-order valence-corrected chi connectivity index (χ1v) is 25.4. The first kappa shape index (κ1) is 66.1. The molecule has 4 rings (SSSR count). The molecule has 4 heterocycles. The molecule has 0 spiro atoms. The van der Waals surface area contributed by atoms with Crippen LogP contribution >= 0.6 is 0 Å². The highest BCUT2D eigenvalue weighted by Crippen LogP contribution is 2.41. The third-order valence-corrected chi connectivity index (χ3v) is 15.3. The van der Waals surface area contributed by atoms with E-state index in [0.717, 1.165) is 0 Å². The number of rotatable bonds is 15. The van der Waals surface area contributed by atoms with Crippen LogP contribution in [0, 0.1) is 23.7 Å². The van der Waals surface area contributed by atoms with E-state index in [2.05, 4.69) is 0 Å². The van der Waals surface area contributed by atoms with Crippen LogP contribution in [-0.4, -0.2) is 257 Å². The maximum absolute atomic E-state index is 14.1. The summed E-state index contributed by atoms with van der Waals surface area (Å²) in [6.07, 6.45) is -22.8. The fraction of sp³-hybridized carbons (Fsp3) is 0.939. The van der Waals surface area contributed by atoms with Gasteiger partial charge in [-0.3, -0.25) is 9.59 Å². The Kier molecular flexibility index (Phi) is 24.7. The summed E-state index contributed by atoms with van der Waals surface area (Å²) >= 11 is 0. The van der Waals surface area contributed by atoms with Crippen molar-refractivity contribution in [3.63, 3.8) is 0 Å². The van der Waals surface area contributed by atoms with Crippen molar-refractivity contribution in [2.75, 3.05) is 34.4 Å². The maximum atomic E-state index is 14.1. The van der Waals surface area contributed by atoms with Crippen molar-refractivity contribution < 1.29 is 119 Å². The summed E-state index contributed by atoms with van der Waals surface area (Å²) in [6.45, 7) is 15.1. The molecule has 0 aromatic carbocycles. The van der Waals surface area contributed by atoms with Crippen molar-refractivity contribution in [2.24, 2.45) is 23.7 Å². The third-order valence-electron chi connectivity index (χ3n) is 15.3. The van der Waals surface area contributed by atoms with E-state index in [4.69, 9.17) is 53.2 Å². The quantitative estimate of drug-likeness (QED) is 0.0734. The number of aliphatic carboxylic acids is 1. The van der Waals surface area contributed by atoms with Gasteiger partial charge in [-0.25, -0.2) is 4.79 Å². The van der Waals surface area contributed by atoms with Crippen molar-refractivity contribution >= 4 is 17.7 Å². The number of aliphatic hydroxyl groups excluding tert-OH is 10. The van der Waals surface area contributed by atoms with E-state index < -0.39 is 176 Å². The van der Waals surface area contributed by atoms with Gasteiger partial charge in [-0.1, -0.05) is 27.7 Å². The lowest BCUT2D eigenvalue weighted by Gasteiger charge is -2.49. The van der Waals surface area contributed by atoms with Crippen molar-refractivity contribution in [2.45, 2.75) is 235 Å². The molecule has 25 nitrogen and oxygen atoms in total. The van der Waals surface area contributed by atoms with Gasteiger partial charge in [-0.15, -0.1) is 0 Å². The van der Waals surface area contributed by atoms with Gasteiger partial charge in [0.2, 0.25) is 0 Å². The van der Waals surface area contributed by atoms with Crippen LogP contribution in [0.3, 0.4) is 0 Å². The number of carboxylic acids is 1. The number of cyclic esters (lactones) is 1. The molecule has 0 aliphatic carbocycles. The van der Waals surface area contributed by atoms with E-state index in [-0.39, 0.29) is 37.8 Å². The monoisotopic (exact) mass is 1080 g/mol. The van der Waals surface area contributed by atoms with Gasteiger partial charge in [-0.2, -0.15) is 0 Å². The molecule has 4 fully saturated rings. The highest BCUT2D eigenvalue weighted by Gasteiger charge is 2.54. The Morgan fingerprint density at radius 3 is 1.96 bits per heavy atom. The fourth-order valence-corrected chi connectivity index (χ4v) is 10.4. The van der Waals surface area contributed by atoms with E-state index in [0.29, 0.717) is 6.42 Å². The molecule has 0 saturated carbocycles. The van der Waals surface area contributed by atoms with Crippen LogP contribution in [-0.2, 0) is 52.3 Å². The molecule has 0 bridgehead atoms. The van der Waals surface area contributed by atoms with E-state index in [1.54, 1.807) is 41.5 Å². The molecule has 74 heavy (non-hydrogen) atoms. The Labute approximate surface area is 433 Å². The first-order chi connectivity index (χ1) is 34.1. The van der Waals surface area contributed by atoms with Crippen molar-refractivity contribution in [3.8, 4) is 0 Å². The summed E-state index contributed by atoms with van der Waals surface area (Å²) in [5.74, 6) is -6.75. The van der Waals surface area contributed by atoms with Crippen LogP contribution < -0.4 is 0 Å². The number of methoxy groups -OCH3 is 1. The zero-order valence-electron chi connectivity index (χ0n) is 45.0. The molecule has 25 heteroatoms. The predicted octanol–water partition coefficient (Wildman–Crippen LogP) is -2.85. The Morgan fingerprint density at radius 1 is 0.811 bits per heavy atom. The molecule has 4 saturated heterocycles. The van der Waals surface area contributed by atoms with Gasteiger partial charge in [0.05, 0.1) is 67.0 Å². The molecule has 0 aromatic heterocycles. The van der Waals surface area contributed by atoms with Crippen molar-refractivity contribution in [1.82, 2.24) is 4.90 Å². The average molecular weight is 1080 g/mol. The van der Waals surface area contributed by atoms with Gasteiger partial charge >= 0.3 is 11.9 Å². The van der Waals surface area contributed by atoms with Crippen LogP contribution in [0.4, 0.5) is 0 Å². The molecule has 0 aromatic rings. The summed E-state index contributed by atoms with van der Waals surface area (Å²) in [6, 6.07) is -0.324. The number of Topliss-reactive ketones (excluding diaryl/α,β-unsaturated/α-hetero) is 1.